The Balaban J connectivity index is 2.37. The lowest BCUT2D eigenvalue weighted by Gasteiger charge is -2.03. The van der Waals surface area contributed by atoms with Crippen molar-refractivity contribution in [2.24, 2.45) is 0 Å². The van der Waals surface area contributed by atoms with E-state index in [1.807, 2.05) is 31.2 Å². The molecular weight excluding hydrogens is 192 g/mol. The van der Waals surface area contributed by atoms with E-state index in [0.29, 0.717) is 18.8 Å². The van der Waals surface area contributed by atoms with Gasteiger partial charge in [-0.15, -0.1) is 0 Å². The van der Waals surface area contributed by atoms with Gasteiger partial charge in [0, 0.05) is 12.7 Å². The summed E-state index contributed by atoms with van der Waals surface area (Å²) >= 11 is 0. The number of methoxy groups -OCH3 is 1. The molecule has 0 heterocycles. The lowest BCUT2D eigenvalue weighted by molar-refractivity contribution is 0.0577. The summed E-state index contributed by atoms with van der Waals surface area (Å²) in [5.41, 5.74) is 1.84. The zero-order valence-electron chi connectivity index (χ0n) is 9.16. The van der Waals surface area contributed by atoms with E-state index in [0.717, 1.165) is 5.56 Å². The Labute approximate surface area is 90.0 Å². The molecule has 15 heavy (non-hydrogen) atoms. The lowest BCUT2D eigenvalue weighted by Crippen LogP contribution is -2.11. The fourth-order valence-corrected chi connectivity index (χ4v) is 1.13. The minimum Gasteiger partial charge on any atom is -0.382 e. The third kappa shape index (κ3) is 4.23. The number of Topliss-reactive ketones (excluding diaryl/α,β-unsaturated/α-hetero) is 1. The van der Waals surface area contributed by atoms with Gasteiger partial charge in [0.05, 0.1) is 13.2 Å². The quantitative estimate of drug-likeness (QED) is 0.528. The number of aryl methyl sites for hydroxylation is 1. The Morgan fingerprint density at radius 3 is 2.47 bits per heavy atom. The Kier molecular flexibility index (Phi) is 5.01. The molecular formula is C12H16O3. The number of hydrogen-bond donors (Lipinski definition) is 0. The van der Waals surface area contributed by atoms with Crippen molar-refractivity contribution < 1.29 is 14.3 Å². The number of carbonyl (C=O) groups is 1. The highest BCUT2D eigenvalue weighted by atomic mass is 16.5. The molecule has 0 amide bonds. The Hall–Kier alpha value is -1.19. The van der Waals surface area contributed by atoms with Gasteiger partial charge in [-0.1, -0.05) is 29.8 Å². The van der Waals surface area contributed by atoms with Crippen molar-refractivity contribution in [2.45, 2.75) is 6.92 Å². The van der Waals surface area contributed by atoms with E-state index in [9.17, 15) is 4.79 Å². The average molecular weight is 208 g/mol. The minimum atomic E-state index is 0.00565. The van der Waals surface area contributed by atoms with E-state index in [-0.39, 0.29) is 12.4 Å². The topological polar surface area (TPSA) is 35.5 Å². The van der Waals surface area contributed by atoms with Crippen LogP contribution in [0.1, 0.15) is 15.9 Å². The molecule has 0 fully saturated rings. The molecule has 0 aliphatic rings. The van der Waals surface area contributed by atoms with Crippen LogP contribution in [0.15, 0.2) is 24.3 Å². The molecule has 1 rings (SSSR count). The number of carbonyl (C=O) groups excluding carboxylic acids is 1. The summed E-state index contributed by atoms with van der Waals surface area (Å²) in [6, 6.07) is 7.47. The van der Waals surface area contributed by atoms with Crippen molar-refractivity contribution in [3.8, 4) is 0 Å². The van der Waals surface area contributed by atoms with Crippen molar-refractivity contribution in [3.63, 3.8) is 0 Å². The monoisotopic (exact) mass is 208 g/mol. The lowest BCUT2D eigenvalue weighted by atomic mass is 10.1. The van der Waals surface area contributed by atoms with Crippen LogP contribution >= 0.6 is 0 Å². The standard InChI is InChI=1S/C12H16O3/c1-10-3-5-11(6-4-10)12(13)9-15-8-7-14-2/h3-6H,7-9H2,1-2H3. The average Bonchev–Trinajstić information content (AvgIpc) is 2.25. The van der Waals surface area contributed by atoms with Gasteiger partial charge in [0.15, 0.2) is 5.78 Å². The van der Waals surface area contributed by atoms with Gasteiger partial charge in [-0.05, 0) is 6.92 Å². The second-order valence-corrected chi connectivity index (χ2v) is 3.33. The van der Waals surface area contributed by atoms with Crippen LogP contribution in [-0.4, -0.2) is 32.7 Å². The highest BCUT2D eigenvalue weighted by Crippen LogP contribution is 2.04. The summed E-state index contributed by atoms with van der Waals surface area (Å²) in [7, 11) is 1.60. The third-order valence-electron chi connectivity index (χ3n) is 2.04. The Morgan fingerprint density at radius 1 is 1.20 bits per heavy atom. The van der Waals surface area contributed by atoms with Crippen molar-refractivity contribution in [2.75, 3.05) is 26.9 Å². The van der Waals surface area contributed by atoms with E-state index in [2.05, 4.69) is 0 Å². The van der Waals surface area contributed by atoms with Gasteiger partial charge in [0.2, 0.25) is 0 Å². The van der Waals surface area contributed by atoms with Gasteiger partial charge in [0.1, 0.15) is 6.61 Å². The Bertz CT molecular complexity index is 303. The van der Waals surface area contributed by atoms with E-state index in [1.54, 1.807) is 7.11 Å². The molecule has 0 radical (unpaired) electrons. The first-order valence-corrected chi connectivity index (χ1v) is 4.90. The van der Waals surface area contributed by atoms with Gasteiger partial charge in [0.25, 0.3) is 0 Å². The van der Waals surface area contributed by atoms with E-state index in [4.69, 9.17) is 9.47 Å². The summed E-state index contributed by atoms with van der Waals surface area (Å²) in [4.78, 5) is 11.6. The van der Waals surface area contributed by atoms with Crippen LogP contribution in [0, 0.1) is 6.92 Å². The molecule has 0 spiro atoms. The number of ether oxygens (including phenoxy) is 2. The molecule has 3 heteroatoms. The molecule has 1 aromatic carbocycles. The van der Waals surface area contributed by atoms with Crippen LogP contribution in [0.2, 0.25) is 0 Å². The first-order chi connectivity index (χ1) is 7.24. The summed E-state index contributed by atoms with van der Waals surface area (Å²) in [5.74, 6) is 0.00565. The predicted molar refractivity (Wildman–Crippen MR) is 58.2 cm³/mol. The third-order valence-corrected chi connectivity index (χ3v) is 2.04. The highest BCUT2D eigenvalue weighted by molar-refractivity contribution is 5.97. The maximum absolute atomic E-state index is 11.6. The van der Waals surface area contributed by atoms with Crippen LogP contribution < -0.4 is 0 Å². The van der Waals surface area contributed by atoms with Gasteiger partial charge in [-0.2, -0.15) is 0 Å². The van der Waals surface area contributed by atoms with Crippen LogP contribution in [0.25, 0.3) is 0 Å². The predicted octanol–water partition coefficient (Wildman–Crippen LogP) is 1.84. The maximum Gasteiger partial charge on any atom is 0.188 e. The molecule has 0 aliphatic heterocycles. The summed E-state index contributed by atoms with van der Waals surface area (Å²) in [6.45, 7) is 3.07. The highest BCUT2D eigenvalue weighted by Gasteiger charge is 2.04. The number of ketones is 1. The Morgan fingerprint density at radius 2 is 1.87 bits per heavy atom. The minimum absolute atomic E-state index is 0.00565. The number of rotatable bonds is 6. The second-order valence-electron chi connectivity index (χ2n) is 3.33. The molecule has 0 N–H and O–H groups in total. The fourth-order valence-electron chi connectivity index (χ4n) is 1.13. The normalized spacial score (nSPS) is 10.3. The SMILES string of the molecule is COCCOCC(=O)c1ccc(C)cc1. The number of hydrogen-bond acceptors (Lipinski definition) is 3. The first-order valence-electron chi connectivity index (χ1n) is 4.90. The molecule has 1 aromatic rings. The van der Waals surface area contributed by atoms with Crippen LogP contribution in [0.5, 0.6) is 0 Å². The summed E-state index contributed by atoms with van der Waals surface area (Å²) < 4.78 is 9.95. The van der Waals surface area contributed by atoms with Gasteiger partial charge in [-0.25, -0.2) is 0 Å². The van der Waals surface area contributed by atoms with Gasteiger partial charge < -0.3 is 9.47 Å². The molecule has 3 nitrogen and oxygen atoms in total. The molecule has 0 saturated carbocycles. The second kappa shape index (κ2) is 6.32. The van der Waals surface area contributed by atoms with E-state index in [1.165, 1.54) is 0 Å². The molecule has 0 aliphatic carbocycles. The van der Waals surface area contributed by atoms with Crippen molar-refractivity contribution >= 4 is 5.78 Å². The maximum atomic E-state index is 11.6. The van der Waals surface area contributed by atoms with E-state index < -0.39 is 0 Å². The van der Waals surface area contributed by atoms with Crippen molar-refractivity contribution in [3.05, 3.63) is 35.4 Å². The molecule has 0 saturated heterocycles. The smallest absolute Gasteiger partial charge is 0.188 e. The van der Waals surface area contributed by atoms with E-state index >= 15 is 0 Å². The fraction of sp³-hybridized carbons (Fsp3) is 0.417. The molecule has 0 aromatic heterocycles. The molecule has 0 atom stereocenters. The molecule has 82 valence electrons. The van der Waals surface area contributed by atoms with Crippen LogP contribution in [0.3, 0.4) is 0 Å². The van der Waals surface area contributed by atoms with Gasteiger partial charge >= 0.3 is 0 Å². The van der Waals surface area contributed by atoms with Crippen LogP contribution in [0.4, 0.5) is 0 Å². The summed E-state index contributed by atoms with van der Waals surface area (Å²) in [5, 5.41) is 0. The molecule has 0 bridgehead atoms. The zero-order chi connectivity index (χ0) is 11.1. The van der Waals surface area contributed by atoms with Crippen LogP contribution in [-0.2, 0) is 9.47 Å². The summed E-state index contributed by atoms with van der Waals surface area (Å²) in [6.07, 6.45) is 0. The first kappa shape index (κ1) is 11.9. The largest absolute Gasteiger partial charge is 0.382 e. The van der Waals surface area contributed by atoms with Crippen molar-refractivity contribution in [1.82, 2.24) is 0 Å². The van der Waals surface area contributed by atoms with Gasteiger partial charge in [-0.3, -0.25) is 4.79 Å². The van der Waals surface area contributed by atoms with Crippen molar-refractivity contribution in [1.29, 1.82) is 0 Å². The number of benzene rings is 1. The zero-order valence-corrected chi connectivity index (χ0v) is 9.16. The molecule has 0 unspecified atom stereocenters.